The van der Waals surface area contributed by atoms with Gasteiger partial charge in [-0.3, -0.25) is 4.90 Å². The van der Waals surface area contributed by atoms with Crippen LogP contribution in [-0.2, 0) is 14.6 Å². The Morgan fingerprint density at radius 3 is 2.81 bits per heavy atom. The quantitative estimate of drug-likeness (QED) is 0.634. The highest BCUT2D eigenvalue weighted by atomic mass is 32.2. The predicted molar refractivity (Wildman–Crippen MR) is 64.4 cm³/mol. The first-order valence-electron chi connectivity index (χ1n) is 5.69. The predicted octanol–water partition coefficient (Wildman–Crippen LogP) is -0.659. The molecule has 1 aliphatic rings. The molecule has 0 aromatic carbocycles. The number of morpholine rings is 1. The maximum atomic E-state index is 10.9. The normalized spacial score (nSPS) is 23.5. The van der Waals surface area contributed by atoms with E-state index in [9.17, 15) is 8.42 Å². The highest BCUT2D eigenvalue weighted by Crippen LogP contribution is 2.04. The average molecular weight is 250 g/mol. The van der Waals surface area contributed by atoms with Gasteiger partial charge in [-0.25, -0.2) is 8.42 Å². The summed E-state index contributed by atoms with van der Waals surface area (Å²) >= 11 is 0. The van der Waals surface area contributed by atoms with Crippen LogP contribution in [0.25, 0.3) is 0 Å². The number of rotatable bonds is 6. The standard InChI is InChI=1S/C10H22N2O3S/c1-10-9-15-7-6-12(10)5-3-11-4-8-16(2,13)14/h10-11H,3-9H2,1-2H3. The van der Waals surface area contributed by atoms with Crippen LogP contribution in [0, 0.1) is 0 Å². The number of hydrogen-bond acceptors (Lipinski definition) is 5. The van der Waals surface area contributed by atoms with Crippen LogP contribution in [0.15, 0.2) is 0 Å². The van der Waals surface area contributed by atoms with Crippen LogP contribution in [0.1, 0.15) is 6.92 Å². The first kappa shape index (κ1) is 13.9. The molecule has 1 saturated heterocycles. The number of ether oxygens (including phenoxy) is 1. The third-order valence-corrected chi connectivity index (χ3v) is 3.68. The van der Waals surface area contributed by atoms with Crippen molar-refractivity contribution in [2.75, 3.05) is 51.4 Å². The SMILES string of the molecule is CC1COCCN1CCNCCS(C)(=O)=O. The van der Waals surface area contributed by atoms with Crippen LogP contribution in [0.4, 0.5) is 0 Å². The van der Waals surface area contributed by atoms with E-state index in [1.807, 2.05) is 0 Å². The number of hydrogen-bond donors (Lipinski definition) is 1. The summed E-state index contributed by atoms with van der Waals surface area (Å²) in [5.74, 6) is 0.214. The van der Waals surface area contributed by atoms with E-state index < -0.39 is 9.84 Å². The molecule has 0 aromatic heterocycles. The Balaban J connectivity index is 2.06. The molecule has 1 heterocycles. The van der Waals surface area contributed by atoms with Crippen LogP contribution < -0.4 is 5.32 Å². The largest absolute Gasteiger partial charge is 0.379 e. The fourth-order valence-corrected chi connectivity index (χ4v) is 2.21. The topological polar surface area (TPSA) is 58.6 Å². The van der Waals surface area contributed by atoms with E-state index in [0.717, 1.165) is 32.8 Å². The molecule has 0 saturated carbocycles. The average Bonchev–Trinajstić information content (AvgIpc) is 2.18. The Kier molecular flexibility index (Phi) is 5.68. The summed E-state index contributed by atoms with van der Waals surface area (Å²) in [5.41, 5.74) is 0. The monoisotopic (exact) mass is 250 g/mol. The van der Waals surface area contributed by atoms with E-state index in [2.05, 4.69) is 17.1 Å². The van der Waals surface area contributed by atoms with Crippen molar-refractivity contribution >= 4 is 9.84 Å². The van der Waals surface area contributed by atoms with E-state index in [1.165, 1.54) is 6.26 Å². The van der Waals surface area contributed by atoms with Crippen LogP contribution in [-0.4, -0.2) is 70.8 Å². The van der Waals surface area contributed by atoms with Crippen LogP contribution in [0.3, 0.4) is 0 Å². The maximum absolute atomic E-state index is 10.9. The molecule has 96 valence electrons. The number of nitrogens with one attached hydrogen (secondary N) is 1. The van der Waals surface area contributed by atoms with Gasteiger partial charge in [0.2, 0.25) is 0 Å². The van der Waals surface area contributed by atoms with Crippen molar-refractivity contribution in [3.05, 3.63) is 0 Å². The molecule has 1 fully saturated rings. The minimum atomic E-state index is -2.84. The zero-order valence-corrected chi connectivity index (χ0v) is 10.9. The van der Waals surface area contributed by atoms with Crippen LogP contribution in [0.2, 0.25) is 0 Å². The van der Waals surface area contributed by atoms with Gasteiger partial charge in [-0.15, -0.1) is 0 Å². The van der Waals surface area contributed by atoms with Crippen molar-refractivity contribution in [2.24, 2.45) is 0 Å². The van der Waals surface area contributed by atoms with Gasteiger partial charge in [0.25, 0.3) is 0 Å². The van der Waals surface area contributed by atoms with E-state index in [4.69, 9.17) is 4.74 Å². The number of nitrogens with zero attached hydrogens (tertiary/aromatic N) is 1. The molecule has 16 heavy (non-hydrogen) atoms. The molecule has 0 amide bonds. The van der Waals surface area contributed by atoms with Gasteiger partial charge in [-0.05, 0) is 6.92 Å². The summed E-state index contributed by atoms with van der Waals surface area (Å²) in [7, 11) is -2.84. The lowest BCUT2D eigenvalue weighted by Crippen LogP contribution is -2.46. The maximum Gasteiger partial charge on any atom is 0.148 e. The van der Waals surface area contributed by atoms with Gasteiger partial charge in [0, 0.05) is 38.5 Å². The fourth-order valence-electron chi connectivity index (χ4n) is 1.70. The molecule has 0 radical (unpaired) electrons. The molecule has 1 unspecified atom stereocenters. The summed E-state index contributed by atoms with van der Waals surface area (Å²) in [6.45, 7) is 7.04. The molecule has 0 bridgehead atoms. The second kappa shape index (κ2) is 6.54. The molecule has 0 spiro atoms. The summed E-state index contributed by atoms with van der Waals surface area (Å²) in [5, 5.41) is 3.15. The van der Waals surface area contributed by atoms with Crippen molar-refractivity contribution in [3.63, 3.8) is 0 Å². The van der Waals surface area contributed by atoms with E-state index in [0.29, 0.717) is 12.6 Å². The van der Waals surface area contributed by atoms with E-state index in [-0.39, 0.29) is 5.75 Å². The van der Waals surface area contributed by atoms with Gasteiger partial charge < -0.3 is 10.1 Å². The Morgan fingerprint density at radius 1 is 1.44 bits per heavy atom. The molecule has 0 aliphatic carbocycles. The van der Waals surface area contributed by atoms with Crippen molar-refractivity contribution in [3.8, 4) is 0 Å². The Labute approximate surface area is 98.1 Å². The molecule has 0 aromatic rings. The highest BCUT2D eigenvalue weighted by Gasteiger charge is 2.17. The molecule has 1 atom stereocenters. The fraction of sp³-hybridized carbons (Fsp3) is 1.00. The zero-order chi connectivity index (χ0) is 12.0. The molecular weight excluding hydrogens is 228 g/mol. The summed E-state index contributed by atoms with van der Waals surface area (Å²) in [6.07, 6.45) is 1.26. The van der Waals surface area contributed by atoms with Gasteiger partial charge in [-0.1, -0.05) is 0 Å². The van der Waals surface area contributed by atoms with Gasteiger partial charge in [0.05, 0.1) is 19.0 Å². The summed E-state index contributed by atoms with van der Waals surface area (Å²) in [6, 6.07) is 0.463. The molecule has 1 rings (SSSR count). The molecular formula is C10H22N2O3S. The zero-order valence-electron chi connectivity index (χ0n) is 10.1. The third-order valence-electron chi connectivity index (χ3n) is 2.73. The van der Waals surface area contributed by atoms with Crippen molar-refractivity contribution in [1.82, 2.24) is 10.2 Å². The molecule has 6 heteroatoms. The van der Waals surface area contributed by atoms with Gasteiger partial charge in [0.1, 0.15) is 9.84 Å². The second-order valence-electron chi connectivity index (χ2n) is 4.34. The van der Waals surface area contributed by atoms with Crippen molar-refractivity contribution in [2.45, 2.75) is 13.0 Å². The first-order chi connectivity index (χ1) is 7.49. The third kappa shape index (κ3) is 5.79. The highest BCUT2D eigenvalue weighted by molar-refractivity contribution is 7.90. The minimum absolute atomic E-state index is 0.214. The van der Waals surface area contributed by atoms with Crippen molar-refractivity contribution < 1.29 is 13.2 Å². The van der Waals surface area contributed by atoms with E-state index in [1.54, 1.807) is 0 Å². The van der Waals surface area contributed by atoms with Gasteiger partial charge in [-0.2, -0.15) is 0 Å². The minimum Gasteiger partial charge on any atom is -0.379 e. The van der Waals surface area contributed by atoms with Gasteiger partial charge >= 0.3 is 0 Å². The second-order valence-corrected chi connectivity index (χ2v) is 6.60. The van der Waals surface area contributed by atoms with Crippen LogP contribution in [0.5, 0.6) is 0 Å². The lowest BCUT2D eigenvalue weighted by atomic mass is 10.2. The van der Waals surface area contributed by atoms with E-state index >= 15 is 0 Å². The molecule has 1 N–H and O–H groups in total. The summed E-state index contributed by atoms with van der Waals surface area (Å²) in [4.78, 5) is 2.36. The molecule has 5 nitrogen and oxygen atoms in total. The Morgan fingerprint density at radius 2 is 2.19 bits per heavy atom. The Bertz CT molecular complexity index is 292. The summed E-state index contributed by atoms with van der Waals surface area (Å²) < 4.78 is 27.1. The van der Waals surface area contributed by atoms with Crippen LogP contribution >= 0.6 is 0 Å². The number of sulfone groups is 1. The lowest BCUT2D eigenvalue weighted by molar-refractivity contribution is 0.000501. The van der Waals surface area contributed by atoms with Crippen molar-refractivity contribution in [1.29, 1.82) is 0 Å². The first-order valence-corrected chi connectivity index (χ1v) is 7.75. The smallest absolute Gasteiger partial charge is 0.148 e. The Hall–Kier alpha value is -0.170. The van der Waals surface area contributed by atoms with Gasteiger partial charge in [0.15, 0.2) is 0 Å². The molecule has 1 aliphatic heterocycles. The lowest BCUT2D eigenvalue weighted by Gasteiger charge is -2.33.